The van der Waals surface area contributed by atoms with Crippen LogP contribution in [0.15, 0.2) is 33.5 Å². The molecule has 21 heavy (non-hydrogen) atoms. The topological polar surface area (TPSA) is 90.1 Å². The first-order valence-corrected chi connectivity index (χ1v) is 8.73. The van der Waals surface area contributed by atoms with Crippen LogP contribution in [0.2, 0.25) is 0 Å². The lowest BCUT2D eigenvalue weighted by molar-refractivity contribution is 0.101. The van der Waals surface area contributed by atoms with E-state index in [1.807, 2.05) is 6.92 Å². The second kappa shape index (κ2) is 6.05. The van der Waals surface area contributed by atoms with Gasteiger partial charge in [-0.25, -0.2) is 13.4 Å². The van der Waals surface area contributed by atoms with Gasteiger partial charge in [-0.2, -0.15) is 0 Å². The summed E-state index contributed by atoms with van der Waals surface area (Å²) in [6.45, 7) is 3.53. The maximum absolute atomic E-state index is 12.6. The summed E-state index contributed by atoms with van der Waals surface area (Å²) in [5.74, 6) is -0.159. The SMILES string of the molecule is CCc1cc(C(C)=O)cc(S(=O)(=O)c2cnc(CN)s2)c1. The highest BCUT2D eigenvalue weighted by Crippen LogP contribution is 2.27. The van der Waals surface area contributed by atoms with Gasteiger partial charge in [0.1, 0.15) is 9.22 Å². The fourth-order valence-electron chi connectivity index (χ4n) is 1.85. The Morgan fingerprint density at radius 1 is 1.33 bits per heavy atom. The van der Waals surface area contributed by atoms with Crippen LogP contribution in [-0.2, 0) is 22.8 Å². The molecule has 0 spiro atoms. The van der Waals surface area contributed by atoms with Gasteiger partial charge in [-0.1, -0.05) is 6.92 Å². The molecule has 1 aromatic carbocycles. The summed E-state index contributed by atoms with van der Waals surface area (Å²) in [6.07, 6.45) is 1.97. The summed E-state index contributed by atoms with van der Waals surface area (Å²) < 4.78 is 25.4. The van der Waals surface area contributed by atoms with Crippen molar-refractivity contribution in [3.63, 3.8) is 0 Å². The van der Waals surface area contributed by atoms with Crippen LogP contribution < -0.4 is 5.73 Å². The normalized spacial score (nSPS) is 11.6. The van der Waals surface area contributed by atoms with Crippen LogP contribution in [0.3, 0.4) is 0 Å². The summed E-state index contributed by atoms with van der Waals surface area (Å²) in [5, 5.41) is 0.562. The van der Waals surface area contributed by atoms with Gasteiger partial charge in [-0.3, -0.25) is 4.79 Å². The van der Waals surface area contributed by atoms with Crippen molar-refractivity contribution < 1.29 is 13.2 Å². The first-order chi connectivity index (χ1) is 9.88. The second-order valence-corrected chi connectivity index (χ2v) is 7.85. The minimum Gasteiger partial charge on any atom is -0.325 e. The van der Waals surface area contributed by atoms with E-state index in [0.717, 1.165) is 16.9 Å². The monoisotopic (exact) mass is 324 g/mol. The maximum Gasteiger partial charge on any atom is 0.217 e. The lowest BCUT2D eigenvalue weighted by atomic mass is 10.1. The van der Waals surface area contributed by atoms with E-state index in [0.29, 0.717) is 17.0 Å². The molecule has 0 aliphatic carbocycles. The van der Waals surface area contributed by atoms with Crippen LogP contribution in [0.4, 0.5) is 0 Å². The van der Waals surface area contributed by atoms with Crippen molar-refractivity contribution in [2.45, 2.75) is 35.9 Å². The number of sulfone groups is 1. The number of ketones is 1. The van der Waals surface area contributed by atoms with E-state index < -0.39 is 9.84 Å². The molecule has 2 rings (SSSR count). The minimum absolute atomic E-state index is 0.124. The van der Waals surface area contributed by atoms with Gasteiger partial charge < -0.3 is 5.73 Å². The van der Waals surface area contributed by atoms with Crippen molar-refractivity contribution in [1.29, 1.82) is 0 Å². The number of nitrogens with two attached hydrogens (primary N) is 1. The molecule has 2 N–H and O–H groups in total. The second-order valence-electron chi connectivity index (χ2n) is 4.56. The van der Waals surface area contributed by atoms with Gasteiger partial charge in [0.05, 0.1) is 11.1 Å². The zero-order valence-electron chi connectivity index (χ0n) is 11.8. The Kier molecular flexibility index (Phi) is 4.55. The van der Waals surface area contributed by atoms with Crippen LogP contribution >= 0.6 is 11.3 Å². The van der Waals surface area contributed by atoms with E-state index in [-0.39, 0.29) is 21.4 Å². The van der Waals surface area contributed by atoms with Gasteiger partial charge in [0.2, 0.25) is 9.84 Å². The predicted octanol–water partition coefficient (Wildman–Crippen LogP) is 2.20. The van der Waals surface area contributed by atoms with Gasteiger partial charge in [0, 0.05) is 12.1 Å². The third-order valence-electron chi connectivity index (χ3n) is 3.06. The third-order valence-corrected chi connectivity index (χ3v) is 6.28. The number of aromatic nitrogens is 1. The van der Waals surface area contributed by atoms with Gasteiger partial charge in [0.25, 0.3) is 0 Å². The first kappa shape index (κ1) is 15.8. The van der Waals surface area contributed by atoms with E-state index in [1.165, 1.54) is 19.2 Å². The number of rotatable bonds is 5. The summed E-state index contributed by atoms with van der Waals surface area (Å²) in [5.41, 5.74) is 6.67. The number of benzene rings is 1. The lowest BCUT2D eigenvalue weighted by Crippen LogP contribution is -2.04. The predicted molar refractivity (Wildman–Crippen MR) is 81.3 cm³/mol. The molecule has 5 nitrogen and oxygen atoms in total. The molecular formula is C14H16N2O3S2. The van der Waals surface area contributed by atoms with E-state index in [9.17, 15) is 13.2 Å². The highest BCUT2D eigenvalue weighted by molar-refractivity contribution is 7.93. The number of carbonyl (C=O) groups is 1. The Hall–Kier alpha value is -1.57. The van der Waals surface area contributed by atoms with E-state index in [1.54, 1.807) is 12.1 Å². The molecule has 0 aliphatic rings. The molecule has 0 bridgehead atoms. The molecule has 0 saturated heterocycles. The van der Waals surface area contributed by atoms with E-state index in [4.69, 9.17) is 5.73 Å². The van der Waals surface area contributed by atoms with Crippen LogP contribution in [0.5, 0.6) is 0 Å². The minimum atomic E-state index is -3.67. The molecule has 0 radical (unpaired) electrons. The van der Waals surface area contributed by atoms with Crippen molar-refractivity contribution in [2.75, 3.05) is 0 Å². The fourth-order valence-corrected chi connectivity index (χ4v) is 4.41. The van der Waals surface area contributed by atoms with Crippen molar-refractivity contribution >= 4 is 27.0 Å². The average Bonchev–Trinajstić information content (AvgIpc) is 2.96. The molecule has 0 unspecified atom stereocenters. The number of thiazole rings is 1. The molecule has 0 atom stereocenters. The summed E-state index contributed by atoms with van der Waals surface area (Å²) in [7, 11) is -3.67. The van der Waals surface area contributed by atoms with Crippen molar-refractivity contribution in [1.82, 2.24) is 4.98 Å². The molecule has 0 aliphatic heterocycles. The van der Waals surface area contributed by atoms with Crippen molar-refractivity contribution in [3.8, 4) is 0 Å². The van der Waals surface area contributed by atoms with Crippen LogP contribution in [0, 0.1) is 0 Å². The van der Waals surface area contributed by atoms with Gasteiger partial charge in [-0.05, 0) is 37.1 Å². The molecular weight excluding hydrogens is 308 g/mol. The molecule has 112 valence electrons. The maximum atomic E-state index is 12.6. The molecule has 7 heteroatoms. The van der Waals surface area contributed by atoms with Gasteiger partial charge in [0.15, 0.2) is 5.78 Å². The van der Waals surface area contributed by atoms with Gasteiger partial charge >= 0.3 is 0 Å². The van der Waals surface area contributed by atoms with E-state index in [2.05, 4.69) is 4.98 Å². The van der Waals surface area contributed by atoms with Crippen LogP contribution in [0.1, 0.15) is 34.8 Å². The standard InChI is InChI=1S/C14H16N2O3S2/c1-3-10-4-11(9(2)17)6-12(5-10)21(18,19)14-8-16-13(7-15)20-14/h4-6,8H,3,7,15H2,1-2H3. The Balaban J connectivity index is 2.58. The van der Waals surface area contributed by atoms with Crippen LogP contribution in [0.25, 0.3) is 0 Å². The smallest absolute Gasteiger partial charge is 0.217 e. The molecule has 1 heterocycles. The number of Topliss-reactive ketones (excluding diaryl/α,β-unsaturated/α-hetero) is 1. The molecule has 0 saturated carbocycles. The zero-order valence-corrected chi connectivity index (χ0v) is 13.4. The molecule has 0 amide bonds. The zero-order chi connectivity index (χ0) is 15.6. The summed E-state index contributed by atoms with van der Waals surface area (Å²) in [4.78, 5) is 15.7. The van der Waals surface area contributed by atoms with Crippen LogP contribution in [-0.4, -0.2) is 19.2 Å². The number of nitrogens with zero attached hydrogens (tertiary/aromatic N) is 1. The highest BCUT2D eigenvalue weighted by atomic mass is 32.2. The van der Waals surface area contributed by atoms with Crippen molar-refractivity contribution in [3.05, 3.63) is 40.5 Å². The Bertz CT molecular complexity index is 779. The average molecular weight is 324 g/mol. The summed E-state index contributed by atoms with van der Waals surface area (Å²) in [6, 6.07) is 4.74. The molecule has 1 aromatic heterocycles. The molecule has 0 fully saturated rings. The van der Waals surface area contributed by atoms with E-state index >= 15 is 0 Å². The number of hydrogen-bond donors (Lipinski definition) is 1. The number of carbonyl (C=O) groups excluding carboxylic acids is 1. The summed E-state index contributed by atoms with van der Waals surface area (Å²) >= 11 is 1.05. The Morgan fingerprint density at radius 2 is 2.05 bits per heavy atom. The Labute approximate surface area is 127 Å². The largest absolute Gasteiger partial charge is 0.325 e. The lowest BCUT2D eigenvalue weighted by Gasteiger charge is -2.07. The van der Waals surface area contributed by atoms with Gasteiger partial charge in [-0.15, -0.1) is 11.3 Å². The number of aryl methyl sites for hydroxylation is 1. The third kappa shape index (κ3) is 3.20. The quantitative estimate of drug-likeness (QED) is 0.852. The first-order valence-electron chi connectivity index (χ1n) is 6.43. The fraction of sp³-hybridized carbons (Fsp3) is 0.286. The Morgan fingerprint density at radius 3 is 2.57 bits per heavy atom. The molecule has 2 aromatic rings. The highest BCUT2D eigenvalue weighted by Gasteiger charge is 2.22. The number of hydrogen-bond acceptors (Lipinski definition) is 6. The van der Waals surface area contributed by atoms with Crippen molar-refractivity contribution in [2.24, 2.45) is 5.73 Å².